The minimum absolute atomic E-state index is 0.0619. The van der Waals surface area contributed by atoms with Crippen LogP contribution in [0, 0.1) is 6.92 Å². The van der Waals surface area contributed by atoms with Gasteiger partial charge < -0.3 is 4.52 Å². The molecule has 1 aromatic heterocycles. The van der Waals surface area contributed by atoms with Crippen LogP contribution in [0.1, 0.15) is 32.1 Å². The molecule has 0 radical (unpaired) electrons. The molecule has 0 saturated carbocycles. The standard InChI is InChI=1S/C18H13N3O4/c1-11-19-16(25-20-11)13-6-4-5-12(9-13)10-24-21-17(22)14-7-2-3-8-15(14)18(21)23/h2-9H,10H2,1H3. The molecule has 0 saturated heterocycles. The summed E-state index contributed by atoms with van der Waals surface area (Å²) in [6.07, 6.45) is 0. The van der Waals surface area contributed by atoms with Gasteiger partial charge in [-0.15, -0.1) is 5.06 Å². The van der Waals surface area contributed by atoms with Crippen molar-refractivity contribution in [3.05, 3.63) is 71.0 Å². The average molecular weight is 335 g/mol. The topological polar surface area (TPSA) is 85.5 Å². The number of aryl methyl sites for hydroxylation is 1. The zero-order chi connectivity index (χ0) is 17.4. The van der Waals surface area contributed by atoms with Crippen molar-refractivity contribution in [1.82, 2.24) is 15.2 Å². The predicted octanol–water partition coefficient (Wildman–Crippen LogP) is 2.77. The van der Waals surface area contributed by atoms with Gasteiger partial charge in [-0.2, -0.15) is 4.98 Å². The van der Waals surface area contributed by atoms with Gasteiger partial charge in [0.25, 0.3) is 17.7 Å². The van der Waals surface area contributed by atoms with E-state index in [1.807, 2.05) is 24.3 Å². The lowest BCUT2D eigenvalue weighted by molar-refractivity contribution is -0.101. The van der Waals surface area contributed by atoms with Crippen LogP contribution < -0.4 is 0 Å². The maximum absolute atomic E-state index is 12.3. The lowest BCUT2D eigenvalue weighted by atomic mass is 10.1. The highest BCUT2D eigenvalue weighted by atomic mass is 16.7. The fraction of sp³-hybridized carbons (Fsp3) is 0.111. The number of imide groups is 1. The van der Waals surface area contributed by atoms with Crippen LogP contribution in [-0.2, 0) is 11.4 Å². The van der Waals surface area contributed by atoms with Crippen molar-refractivity contribution in [2.24, 2.45) is 0 Å². The molecular formula is C18H13N3O4. The average Bonchev–Trinajstić information content (AvgIpc) is 3.17. The van der Waals surface area contributed by atoms with Crippen molar-refractivity contribution >= 4 is 11.8 Å². The molecule has 2 heterocycles. The third kappa shape index (κ3) is 2.70. The molecule has 2 amide bonds. The monoisotopic (exact) mass is 335 g/mol. The zero-order valence-electron chi connectivity index (χ0n) is 13.3. The van der Waals surface area contributed by atoms with E-state index in [4.69, 9.17) is 9.36 Å². The van der Waals surface area contributed by atoms with Crippen LogP contribution in [0.3, 0.4) is 0 Å². The van der Waals surface area contributed by atoms with E-state index in [1.54, 1.807) is 31.2 Å². The Morgan fingerprint density at radius 3 is 2.40 bits per heavy atom. The molecule has 0 atom stereocenters. The smallest absolute Gasteiger partial charge is 0.285 e. The van der Waals surface area contributed by atoms with E-state index in [0.717, 1.165) is 16.2 Å². The molecule has 25 heavy (non-hydrogen) atoms. The minimum Gasteiger partial charge on any atom is -0.334 e. The third-order valence-electron chi connectivity index (χ3n) is 3.82. The first kappa shape index (κ1) is 15.2. The summed E-state index contributed by atoms with van der Waals surface area (Å²) >= 11 is 0. The van der Waals surface area contributed by atoms with Crippen LogP contribution in [0.15, 0.2) is 53.1 Å². The second-order valence-electron chi connectivity index (χ2n) is 5.57. The SMILES string of the molecule is Cc1noc(-c2cccc(CON3C(=O)c4ccccc4C3=O)c2)n1. The summed E-state index contributed by atoms with van der Waals surface area (Å²) in [5.41, 5.74) is 2.21. The molecule has 2 aromatic carbocycles. The number of aromatic nitrogens is 2. The lowest BCUT2D eigenvalue weighted by Gasteiger charge is -2.13. The fourth-order valence-corrected chi connectivity index (χ4v) is 2.63. The molecule has 0 fully saturated rings. The van der Waals surface area contributed by atoms with Gasteiger partial charge in [-0.1, -0.05) is 29.4 Å². The van der Waals surface area contributed by atoms with Gasteiger partial charge in [0, 0.05) is 5.56 Å². The Labute approximate surface area is 142 Å². The van der Waals surface area contributed by atoms with Crippen molar-refractivity contribution < 1.29 is 18.9 Å². The van der Waals surface area contributed by atoms with Gasteiger partial charge in [0.05, 0.1) is 11.1 Å². The van der Waals surface area contributed by atoms with Crippen molar-refractivity contribution in [2.45, 2.75) is 13.5 Å². The van der Waals surface area contributed by atoms with Crippen LogP contribution in [0.5, 0.6) is 0 Å². The molecule has 0 unspecified atom stereocenters. The summed E-state index contributed by atoms with van der Waals surface area (Å²) in [6.45, 7) is 1.80. The first-order chi connectivity index (χ1) is 12.1. The Bertz CT molecular complexity index is 945. The molecule has 0 bridgehead atoms. The predicted molar refractivity (Wildman–Crippen MR) is 86.2 cm³/mol. The van der Waals surface area contributed by atoms with Crippen LogP contribution in [0.2, 0.25) is 0 Å². The molecule has 3 aromatic rings. The Morgan fingerprint density at radius 1 is 1.04 bits per heavy atom. The van der Waals surface area contributed by atoms with E-state index in [0.29, 0.717) is 22.8 Å². The second kappa shape index (κ2) is 5.95. The minimum atomic E-state index is -0.454. The number of carbonyl (C=O) groups is 2. The summed E-state index contributed by atoms with van der Waals surface area (Å²) < 4.78 is 5.14. The van der Waals surface area contributed by atoms with Crippen LogP contribution >= 0.6 is 0 Å². The van der Waals surface area contributed by atoms with Crippen molar-refractivity contribution in [3.63, 3.8) is 0 Å². The highest BCUT2D eigenvalue weighted by molar-refractivity contribution is 6.20. The summed E-state index contributed by atoms with van der Waals surface area (Å²) in [6, 6.07) is 13.9. The molecule has 4 rings (SSSR count). The van der Waals surface area contributed by atoms with Gasteiger partial charge in [-0.25, -0.2) is 0 Å². The summed E-state index contributed by atoms with van der Waals surface area (Å²) in [5.74, 6) is 0.0383. The summed E-state index contributed by atoms with van der Waals surface area (Å²) in [5, 5.41) is 4.56. The quantitative estimate of drug-likeness (QED) is 0.682. The number of rotatable bonds is 4. The molecule has 7 nitrogen and oxygen atoms in total. The number of amides is 2. The molecule has 0 spiro atoms. The largest absolute Gasteiger partial charge is 0.334 e. The van der Waals surface area contributed by atoms with Gasteiger partial charge in [0.2, 0.25) is 0 Å². The van der Waals surface area contributed by atoms with E-state index in [9.17, 15) is 9.59 Å². The van der Waals surface area contributed by atoms with Crippen LogP contribution in [0.25, 0.3) is 11.5 Å². The van der Waals surface area contributed by atoms with Gasteiger partial charge in [-0.3, -0.25) is 14.4 Å². The molecule has 7 heteroatoms. The Kier molecular flexibility index (Phi) is 3.62. The Balaban J connectivity index is 1.51. The first-order valence-corrected chi connectivity index (χ1v) is 7.64. The fourth-order valence-electron chi connectivity index (χ4n) is 2.63. The Morgan fingerprint density at radius 2 is 1.76 bits per heavy atom. The molecule has 1 aliphatic rings. The van der Waals surface area contributed by atoms with E-state index in [2.05, 4.69) is 10.1 Å². The molecular weight excluding hydrogens is 322 g/mol. The van der Waals surface area contributed by atoms with Gasteiger partial charge in [0.15, 0.2) is 5.82 Å². The maximum atomic E-state index is 12.3. The van der Waals surface area contributed by atoms with Crippen molar-refractivity contribution in [3.8, 4) is 11.5 Å². The third-order valence-corrected chi connectivity index (χ3v) is 3.82. The van der Waals surface area contributed by atoms with Gasteiger partial charge in [-0.05, 0) is 36.8 Å². The van der Waals surface area contributed by atoms with E-state index >= 15 is 0 Å². The lowest BCUT2D eigenvalue weighted by Crippen LogP contribution is -2.29. The summed E-state index contributed by atoms with van der Waals surface area (Å²) in [4.78, 5) is 34.2. The molecule has 0 N–H and O–H groups in total. The number of hydroxylamine groups is 2. The number of carbonyl (C=O) groups excluding carboxylic acids is 2. The van der Waals surface area contributed by atoms with Crippen molar-refractivity contribution in [1.29, 1.82) is 0 Å². The second-order valence-corrected chi connectivity index (χ2v) is 5.57. The maximum Gasteiger partial charge on any atom is 0.285 e. The number of hydrogen-bond acceptors (Lipinski definition) is 6. The van der Waals surface area contributed by atoms with E-state index in [1.165, 1.54) is 0 Å². The molecule has 0 aliphatic carbocycles. The van der Waals surface area contributed by atoms with Crippen molar-refractivity contribution in [2.75, 3.05) is 0 Å². The number of hydrogen-bond donors (Lipinski definition) is 0. The number of fused-ring (bicyclic) bond motifs is 1. The van der Waals surface area contributed by atoms with E-state index < -0.39 is 11.8 Å². The van der Waals surface area contributed by atoms with Crippen LogP contribution in [-0.4, -0.2) is 27.0 Å². The number of nitrogens with zero attached hydrogens (tertiary/aromatic N) is 3. The van der Waals surface area contributed by atoms with Crippen LogP contribution in [0.4, 0.5) is 0 Å². The van der Waals surface area contributed by atoms with Gasteiger partial charge in [0.1, 0.15) is 6.61 Å². The van der Waals surface area contributed by atoms with Gasteiger partial charge >= 0.3 is 0 Å². The highest BCUT2D eigenvalue weighted by Gasteiger charge is 2.36. The molecule has 1 aliphatic heterocycles. The first-order valence-electron chi connectivity index (χ1n) is 7.64. The summed E-state index contributed by atoms with van der Waals surface area (Å²) in [7, 11) is 0. The Hall–Kier alpha value is -3.32. The normalized spacial score (nSPS) is 13.4. The number of benzene rings is 2. The van der Waals surface area contributed by atoms with E-state index in [-0.39, 0.29) is 6.61 Å². The molecule has 124 valence electrons. The highest BCUT2D eigenvalue weighted by Crippen LogP contribution is 2.24. The zero-order valence-corrected chi connectivity index (χ0v) is 13.3.